The van der Waals surface area contributed by atoms with Crippen LogP contribution in [0.15, 0.2) is 18.2 Å². The molecule has 3 nitrogen and oxygen atoms in total. The van der Waals surface area contributed by atoms with Gasteiger partial charge < -0.3 is 10.4 Å². The molecule has 1 aromatic rings. The predicted octanol–water partition coefficient (Wildman–Crippen LogP) is 2.40. The van der Waals surface area contributed by atoms with E-state index in [-0.39, 0.29) is 12.0 Å². The highest BCUT2D eigenvalue weighted by molar-refractivity contribution is 6.32. The molecule has 0 heterocycles. The van der Waals surface area contributed by atoms with E-state index in [4.69, 9.17) is 22.0 Å². The number of aliphatic hydroxyl groups is 1. The van der Waals surface area contributed by atoms with Gasteiger partial charge in [0.2, 0.25) is 0 Å². The molecule has 0 spiro atoms. The van der Waals surface area contributed by atoms with Crippen LogP contribution in [0.4, 0.5) is 5.69 Å². The zero-order valence-corrected chi connectivity index (χ0v) is 9.59. The van der Waals surface area contributed by atoms with Gasteiger partial charge in [-0.3, -0.25) is 0 Å². The average molecular weight is 237 g/mol. The van der Waals surface area contributed by atoms with E-state index in [1.165, 1.54) is 0 Å². The van der Waals surface area contributed by atoms with E-state index in [1.54, 1.807) is 12.1 Å². The third kappa shape index (κ3) is 2.29. The van der Waals surface area contributed by atoms with Crippen LogP contribution in [-0.2, 0) is 0 Å². The minimum Gasteiger partial charge on any atom is -0.396 e. The fraction of sp³-hybridized carbons (Fsp3) is 0.417. The average Bonchev–Trinajstić information content (AvgIpc) is 3.07. The van der Waals surface area contributed by atoms with Gasteiger partial charge in [-0.05, 0) is 31.0 Å². The Morgan fingerprint density at radius 1 is 1.50 bits per heavy atom. The Labute approximate surface area is 99.7 Å². The molecule has 84 valence electrons. The Bertz CT molecular complexity index is 435. The first-order chi connectivity index (χ1) is 7.69. The molecule has 0 aliphatic heterocycles. The topological polar surface area (TPSA) is 56.0 Å². The van der Waals surface area contributed by atoms with E-state index in [0.29, 0.717) is 10.6 Å². The van der Waals surface area contributed by atoms with Crippen LogP contribution >= 0.6 is 11.6 Å². The number of hydrogen-bond donors (Lipinski definition) is 2. The summed E-state index contributed by atoms with van der Waals surface area (Å²) in [5.41, 5.74) is 1.44. The molecule has 0 aromatic heterocycles. The van der Waals surface area contributed by atoms with Gasteiger partial charge in [0, 0.05) is 17.6 Å². The summed E-state index contributed by atoms with van der Waals surface area (Å²) in [4.78, 5) is 0. The second-order valence-corrected chi connectivity index (χ2v) is 4.73. The molecule has 4 heteroatoms. The monoisotopic (exact) mass is 236 g/mol. The summed E-state index contributed by atoms with van der Waals surface area (Å²) in [6.45, 7) is 0.982. The molecule has 0 atom stereocenters. The number of hydrogen-bond acceptors (Lipinski definition) is 3. The quantitative estimate of drug-likeness (QED) is 0.844. The SMILES string of the molecule is N#Cc1ccc(NCC2(CO)CC2)cc1Cl. The van der Waals surface area contributed by atoms with Crippen molar-refractivity contribution in [3.8, 4) is 6.07 Å². The van der Waals surface area contributed by atoms with Gasteiger partial charge in [-0.25, -0.2) is 0 Å². The van der Waals surface area contributed by atoms with Crippen LogP contribution < -0.4 is 5.32 Å². The van der Waals surface area contributed by atoms with E-state index >= 15 is 0 Å². The van der Waals surface area contributed by atoms with Crippen molar-refractivity contribution in [3.63, 3.8) is 0 Å². The highest BCUT2D eigenvalue weighted by atomic mass is 35.5. The number of halogens is 1. The maximum atomic E-state index is 9.16. The minimum absolute atomic E-state index is 0.0698. The van der Waals surface area contributed by atoms with Crippen molar-refractivity contribution in [3.05, 3.63) is 28.8 Å². The summed E-state index contributed by atoms with van der Waals surface area (Å²) in [6.07, 6.45) is 2.14. The van der Waals surface area contributed by atoms with Gasteiger partial charge in [-0.2, -0.15) is 5.26 Å². The van der Waals surface area contributed by atoms with Gasteiger partial charge in [0.15, 0.2) is 0 Å². The summed E-state index contributed by atoms with van der Waals surface area (Å²) in [5.74, 6) is 0. The Kier molecular flexibility index (Phi) is 3.04. The van der Waals surface area contributed by atoms with Gasteiger partial charge in [0.1, 0.15) is 6.07 Å². The van der Waals surface area contributed by atoms with E-state index in [2.05, 4.69) is 5.32 Å². The molecule has 1 aliphatic carbocycles. The molecule has 0 amide bonds. The minimum atomic E-state index is 0.0698. The number of nitriles is 1. The Balaban J connectivity index is 2.00. The summed E-state index contributed by atoms with van der Waals surface area (Å²) in [7, 11) is 0. The van der Waals surface area contributed by atoms with Crippen LogP contribution in [-0.4, -0.2) is 18.3 Å². The number of nitrogens with one attached hydrogen (secondary N) is 1. The third-order valence-electron chi connectivity index (χ3n) is 3.05. The smallest absolute Gasteiger partial charge is 0.101 e. The summed E-state index contributed by atoms with van der Waals surface area (Å²) in [6, 6.07) is 7.29. The van der Waals surface area contributed by atoms with Crippen molar-refractivity contribution in [2.24, 2.45) is 5.41 Å². The van der Waals surface area contributed by atoms with Gasteiger partial charge >= 0.3 is 0 Å². The van der Waals surface area contributed by atoms with Gasteiger partial charge in [-0.15, -0.1) is 0 Å². The van der Waals surface area contributed by atoms with Gasteiger partial charge in [0.05, 0.1) is 17.2 Å². The standard InChI is InChI=1S/C12H13ClN2O/c13-11-5-10(2-1-9(11)6-14)15-7-12(8-16)3-4-12/h1-2,5,15-16H,3-4,7-8H2. The van der Waals surface area contributed by atoms with Crippen LogP contribution in [0.3, 0.4) is 0 Å². The number of rotatable bonds is 4. The lowest BCUT2D eigenvalue weighted by Crippen LogP contribution is -2.18. The van der Waals surface area contributed by atoms with Crippen molar-refractivity contribution >= 4 is 17.3 Å². The molecule has 0 radical (unpaired) electrons. The largest absolute Gasteiger partial charge is 0.396 e. The van der Waals surface area contributed by atoms with Crippen LogP contribution in [0.25, 0.3) is 0 Å². The molecule has 2 N–H and O–H groups in total. The van der Waals surface area contributed by atoms with Crippen molar-refractivity contribution in [2.75, 3.05) is 18.5 Å². The molecule has 2 rings (SSSR count). The molecular weight excluding hydrogens is 224 g/mol. The molecule has 1 aliphatic rings. The first-order valence-electron chi connectivity index (χ1n) is 5.23. The molecule has 1 aromatic carbocycles. The fourth-order valence-corrected chi connectivity index (χ4v) is 1.80. The lowest BCUT2D eigenvalue weighted by Gasteiger charge is -2.14. The second-order valence-electron chi connectivity index (χ2n) is 4.32. The molecule has 1 saturated carbocycles. The maximum Gasteiger partial charge on any atom is 0.101 e. The van der Waals surface area contributed by atoms with Crippen LogP contribution in [0.5, 0.6) is 0 Å². The zero-order chi connectivity index (χ0) is 11.6. The van der Waals surface area contributed by atoms with Crippen LogP contribution in [0.1, 0.15) is 18.4 Å². The third-order valence-corrected chi connectivity index (χ3v) is 3.36. The van der Waals surface area contributed by atoms with Crippen molar-refractivity contribution in [1.29, 1.82) is 5.26 Å². The molecule has 0 bridgehead atoms. The highest BCUT2D eigenvalue weighted by Gasteiger charge is 2.41. The number of benzene rings is 1. The second kappa shape index (κ2) is 4.32. The first-order valence-corrected chi connectivity index (χ1v) is 5.61. The summed E-state index contributed by atoms with van der Waals surface area (Å²) < 4.78 is 0. The first kappa shape index (κ1) is 11.3. The Morgan fingerprint density at radius 3 is 2.75 bits per heavy atom. The Hall–Kier alpha value is -1.24. The molecule has 0 saturated heterocycles. The fourth-order valence-electron chi connectivity index (χ4n) is 1.57. The molecular formula is C12H13ClN2O. The van der Waals surface area contributed by atoms with E-state index in [0.717, 1.165) is 25.1 Å². The lowest BCUT2D eigenvalue weighted by atomic mass is 10.1. The maximum absolute atomic E-state index is 9.16. The number of nitrogens with zero attached hydrogens (tertiary/aromatic N) is 1. The molecule has 1 fully saturated rings. The number of aliphatic hydroxyl groups excluding tert-OH is 1. The van der Waals surface area contributed by atoms with Crippen molar-refractivity contribution in [2.45, 2.75) is 12.8 Å². The zero-order valence-electron chi connectivity index (χ0n) is 8.83. The van der Waals surface area contributed by atoms with Crippen LogP contribution in [0, 0.1) is 16.7 Å². The summed E-state index contributed by atoms with van der Waals surface area (Å²) >= 11 is 5.92. The Morgan fingerprint density at radius 2 is 2.25 bits per heavy atom. The van der Waals surface area contributed by atoms with E-state index in [1.807, 2.05) is 12.1 Å². The predicted molar refractivity (Wildman–Crippen MR) is 63.4 cm³/mol. The van der Waals surface area contributed by atoms with Crippen LogP contribution in [0.2, 0.25) is 5.02 Å². The molecule has 0 unspecified atom stereocenters. The summed E-state index contributed by atoms with van der Waals surface area (Å²) in [5, 5.41) is 21.6. The van der Waals surface area contributed by atoms with Gasteiger partial charge in [-0.1, -0.05) is 11.6 Å². The van der Waals surface area contributed by atoms with Gasteiger partial charge in [0.25, 0.3) is 0 Å². The highest BCUT2D eigenvalue weighted by Crippen LogP contribution is 2.44. The van der Waals surface area contributed by atoms with E-state index < -0.39 is 0 Å². The van der Waals surface area contributed by atoms with Crippen molar-refractivity contribution in [1.82, 2.24) is 0 Å². The van der Waals surface area contributed by atoms with E-state index in [9.17, 15) is 0 Å². The lowest BCUT2D eigenvalue weighted by molar-refractivity contribution is 0.220. The van der Waals surface area contributed by atoms with Crippen molar-refractivity contribution < 1.29 is 5.11 Å². The normalized spacial score (nSPS) is 16.6. The molecule has 16 heavy (non-hydrogen) atoms. The number of anilines is 1.